The van der Waals surface area contributed by atoms with Gasteiger partial charge in [-0.15, -0.1) is 0 Å². The Morgan fingerprint density at radius 3 is 2.09 bits per heavy atom. The Labute approximate surface area is 204 Å². The molecule has 0 aliphatic heterocycles. The van der Waals surface area contributed by atoms with E-state index >= 15 is 0 Å². The molecule has 0 saturated carbocycles. The molecule has 3 aromatic carbocycles. The highest BCUT2D eigenvalue weighted by atomic mass is 35.5. The molecule has 3 aromatic rings. The fourth-order valence-electron chi connectivity index (χ4n) is 3.00. The van der Waals surface area contributed by atoms with Crippen molar-refractivity contribution >= 4 is 46.3 Å². The molecule has 0 aliphatic carbocycles. The van der Waals surface area contributed by atoms with Gasteiger partial charge in [0.2, 0.25) is 0 Å². The number of aliphatic imine (C=N–C) groups is 1. The summed E-state index contributed by atoms with van der Waals surface area (Å²) in [6.07, 6.45) is -5.10. The molecule has 9 heteroatoms. The molecule has 0 radical (unpaired) electrons. The molecule has 34 heavy (non-hydrogen) atoms. The predicted octanol–water partition coefficient (Wildman–Crippen LogP) is 7.49. The van der Waals surface area contributed by atoms with Gasteiger partial charge in [0.25, 0.3) is 0 Å². The predicted molar refractivity (Wildman–Crippen MR) is 128 cm³/mol. The highest BCUT2D eigenvalue weighted by Gasteiger charge is 2.35. The number of ether oxygens (including phenoxy) is 1. The van der Waals surface area contributed by atoms with Crippen LogP contribution in [0.3, 0.4) is 0 Å². The molecule has 0 bridgehead atoms. The number of carbonyl (C=O) groups is 1. The smallest absolute Gasteiger partial charge is 0.429 e. The summed E-state index contributed by atoms with van der Waals surface area (Å²) in [7, 11) is 0. The number of para-hydroxylation sites is 1. The van der Waals surface area contributed by atoms with Crippen LogP contribution in [0.2, 0.25) is 10.0 Å². The van der Waals surface area contributed by atoms with Crippen LogP contribution in [-0.4, -0.2) is 30.2 Å². The Balaban J connectivity index is 1.76. The number of halogens is 5. The van der Waals surface area contributed by atoms with E-state index in [0.717, 1.165) is 5.56 Å². The van der Waals surface area contributed by atoms with Crippen LogP contribution in [0.15, 0.2) is 77.8 Å². The number of nitrogens with one attached hydrogen (secondary N) is 1. The van der Waals surface area contributed by atoms with Crippen LogP contribution < -0.4 is 0 Å². The third-order valence-electron chi connectivity index (χ3n) is 4.81. The third kappa shape index (κ3) is 6.92. The molecular weight excluding hydrogens is 488 g/mol. The van der Waals surface area contributed by atoms with Gasteiger partial charge in [0.1, 0.15) is 5.71 Å². The average Bonchev–Trinajstić information content (AvgIpc) is 2.80. The first-order valence-electron chi connectivity index (χ1n) is 10.1. The maximum atomic E-state index is 13.0. The number of rotatable bonds is 8. The summed E-state index contributed by atoms with van der Waals surface area (Å²) < 4.78 is 44.3. The largest absolute Gasteiger partial charge is 0.462 e. The Morgan fingerprint density at radius 2 is 1.47 bits per heavy atom. The Bertz CT molecular complexity index is 1210. The zero-order valence-corrected chi connectivity index (χ0v) is 19.2. The second kappa shape index (κ2) is 11.3. The van der Waals surface area contributed by atoms with Gasteiger partial charge in [0, 0.05) is 17.9 Å². The van der Waals surface area contributed by atoms with Crippen molar-refractivity contribution in [2.24, 2.45) is 4.99 Å². The van der Waals surface area contributed by atoms with E-state index < -0.39 is 24.3 Å². The Morgan fingerprint density at radius 1 is 0.882 bits per heavy atom. The lowest BCUT2D eigenvalue weighted by Gasteiger charge is -2.12. The van der Waals surface area contributed by atoms with Gasteiger partial charge in [-0.2, -0.15) is 13.2 Å². The van der Waals surface area contributed by atoms with Crippen LogP contribution in [0.4, 0.5) is 18.9 Å². The fourth-order valence-corrected chi connectivity index (χ4v) is 3.41. The van der Waals surface area contributed by atoms with E-state index in [9.17, 15) is 18.0 Å². The van der Waals surface area contributed by atoms with Crippen LogP contribution in [0.5, 0.6) is 0 Å². The molecule has 0 saturated heterocycles. The average molecular weight is 507 g/mol. The molecule has 176 valence electrons. The van der Waals surface area contributed by atoms with E-state index in [1.807, 2.05) is 12.1 Å². The molecular formula is C25H19Cl2F3N2O2. The second-order valence-electron chi connectivity index (χ2n) is 7.22. The molecule has 0 spiro atoms. The molecule has 0 aliphatic rings. The van der Waals surface area contributed by atoms with Gasteiger partial charge in [0.15, 0.2) is 0 Å². The Hall–Kier alpha value is -3.16. The zero-order chi connectivity index (χ0) is 24.7. The second-order valence-corrected chi connectivity index (χ2v) is 8.03. The Kier molecular flexibility index (Phi) is 8.47. The highest BCUT2D eigenvalue weighted by molar-refractivity contribution is 6.33. The van der Waals surface area contributed by atoms with E-state index in [4.69, 9.17) is 33.3 Å². The van der Waals surface area contributed by atoms with E-state index in [0.29, 0.717) is 17.0 Å². The number of benzene rings is 3. The summed E-state index contributed by atoms with van der Waals surface area (Å²) >= 11 is 12.2. The molecule has 0 aromatic heterocycles. The molecule has 3 rings (SSSR count). The van der Waals surface area contributed by atoms with Gasteiger partial charge in [-0.3, -0.25) is 4.99 Å². The van der Waals surface area contributed by atoms with Crippen molar-refractivity contribution in [2.45, 2.75) is 19.0 Å². The van der Waals surface area contributed by atoms with Gasteiger partial charge in [-0.1, -0.05) is 65.7 Å². The molecule has 0 heterocycles. The molecule has 0 amide bonds. The van der Waals surface area contributed by atoms with Crippen LogP contribution in [0.25, 0.3) is 0 Å². The first-order chi connectivity index (χ1) is 16.1. The van der Waals surface area contributed by atoms with Crippen molar-refractivity contribution < 1.29 is 22.7 Å². The van der Waals surface area contributed by atoms with Crippen molar-refractivity contribution in [1.29, 1.82) is 5.41 Å². The van der Waals surface area contributed by atoms with Crippen LogP contribution >= 0.6 is 23.2 Å². The quantitative estimate of drug-likeness (QED) is 0.254. The monoisotopic (exact) mass is 506 g/mol. The summed E-state index contributed by atoms with van der Waals surface area (Å²) in [4.78, 5) is 16.6. The van der Waals surface area contributed by atoms with Gasteiger partial charge >= 0.3 is 12.1 Å². The van der Waals surface area contributed by atoms with Crippen LogP contribution in [-0.2, 0) is 11.2 Å². The molecule has 0 atom stereocenters. The summed E-state index contributed by atoms with van der Waals surface area (Å²) in [5.74, 6) is -0.578. The van der Waals surface area contributed by atoms with Crippen LogP contribution in [0, 0.1) is 5.41 Å². The minimum absolute atomic E-state index is 0.00550. The first kappa shape index (κ1) is 25.5. The van der Waals surface area contributed by atoms with Gasteiger partial charge in [-0.05, 0) is 41.5 Å². The van der Waals surface area contributed by atoms with E-state index in [1.165, 1.54) is 24.3 Å². The van der Waals surface area contributed by atoms with Crippen molar-refractivity contribution in [3.8, 4) is 0 Å². The van der Waals surface area contributed by atoms with Crippen molar-refractivity contribution in [2.75, 3.05) is 6.61 Å². The summed E-state index contributed by atoms with van der Waals surface area (Å²) in [6.45, 7) is 0.117. The minimum atomic E-state index is -4.79. The number of carbonyl (C=O) groups excluding carboxylic acids is 1. The molecule has 0 fully saturated rings. The molecule has 0 unspecified atom stereocenters. The molecule has 1 N–H and O–H groups in total. The van der Waals surface area contributed by atoms with Gasteiger partial charge in [0.05, 0.1) is 28.6 Å². The maximum Gasteiger partial charge on any atom is 0.429 e. The first-order valence-corrected chi connectivity index (χ1v) is 10.9. The zero-order valence-electron chi connectivity index (χ0n) is 17.7. The highest BCUT2D eigenvalue weighted by Crippen LogP contribution is 2.27. The lowest BCUT2D eigenvalue weighted by Crippen LogP contribution is -2.25. The van der Waals surface area contributed by atoms with E-state index in [1.54, 1.807) is 36.4 Å². The normalized spacial score (nSPS) is 11.9. The minimum Gasteiger partial charge on any atom is -0.462 e. The fraction of sp³-hybridized carbons (Fsp3) is 0.160. The number of hydrogen-bond donors (Lipinski definition) is 1. The lowest BCUT2D eigenvalue weighted by molar-refractivity contribution is -0.0605. The number of nitrogens with zero attached hydrogens (tertiary/aromatic N) is 1. The number of esters is 1. The number of hydrogen-bond acceptors (Lipinski definition) is 4. The topological polar surface area (TPSA) is 62.5 Å². The molecule has 4 nitrogen and oxygen atoms in total. The SMILES string of the molecule is N=C(CC(=Nc1ccccc1Cl)c1ccc(C(=O)OCCc2ccccc2Cl)cc1)C(F)(F)F. The van der Waals surface area contributed by atoms with Crippen molar-refractivity contribution in [1.82, 2.24) is 0 Å². The van der Waals surface area contributed by atoms with Gasteiger partial charge < -0.3 is 10.1 Å². The van der Waals surface area contributed by atoms with E-state index in [2.05, 4.69) is 4.99 Å². The van der Waals surface area contributed by atoms with Crippen molar-refractivity contribution in [3.05, 3.63) is 99.5 Å². The van der Waals surface area contributed by atoms with E-state index in [-0.39, 0.29) is 28.6 Å². The summed E-state index contributed by atoms with van der Waals surface area (Å²) in [5, 5.41) is 8.23. The maximum absolute atomic E-state index is 13.0. The summed E-state index contributed by atoms with van der Waals surface area (Å²) in [6, 6.07) is 19.5. The summed E-state index contributed by atoms with van der Waals surface area (Å²) in [5.41, 5.74) is 0.222. The van der Waals surface area contributed by atoms with Crippen molar-refractivity contribution in [3.63, 3.8) is 0 Å². The standard InChI is InChI=1S/C25H19Cl2F3N2O2/c26-19-6-2-1-5-16(19)13-14-34-24(33)18-11-9-17(10-12-18)22(15-23(31)25(28,29)30)32-21-8-4-3-7-20(21)27/h1-12,31H,13-15H2. The van der Waals surface area contributed by atoms with Crippen LogP contribution in [0.1, 0.15) is 27.9 Å². The third-order valence-corrected chi connectivity index (χ3v) is 5.50. The lowest BCUT2D eigenvalue weighted by atomic mass is 10.0. The number of alkyl halides is 3. The van der Waals surface area contributed by atoms with Gasteiger partial charge in [-0.25, -0.2) is 4.79 Å².